The van der Waals surface area contributed by atoms with E-state index in [4.69, 9.17) is 9.84 Å². The molecule has 18 heavy (non-hydrogen) atoms. The second kappa shape index (κ2) is 5.49. The third-order valence-electron chi connectivity index (χ3n) is 2.67. The van der Waals surface area contributed by atoms with Crippen LogP contribution in [0.5, 0.6) is 5.75 Å². The maximum atomic E-state index is 10.5. The summed E-state index contributed by atoms with van der Waals surface area (Å²) in [6, 6.07) is 9.71. The number of hydrogen-bond acceptors (Lipinski definition) is 3. The van der Waals surface area contributed by atoms with E-state index in [1.165, 1.54) is 0 Å². The molecule has 1 N–H and O–H groups in total. The van der Waals surface area contributed by atoms with Crippen LogP contribution in [0.15, 0.2) is 36.5 Å². The van der Waals surface area contributed by atoms with Crippen molar-refractivity contribution >= 4 is 16.9 Å². The number of carbonyl (C=O) groups is 1. The van der Waals surface area contributed by atoms with Crippen LogP contribution in [-0.2, 0) is 4.79 Å². The first-order chi connectivity index (χ1) is 8.65. The molecule has 0 fully saturated rings. The highest BCUT2D eigenvalue weighted by molar-refractivity contribution is 5.79. The van der Waals surface area contributed by atoms with Crippen molar-refractivity contribution in [2.75, 3.05) is 0 Å². The normalized spacial score (nSPS) is 12.3. The van der Waals surface area contributed by atoms with E-state index < -0.39 is 5.97 Å². The van der Waals surface area contributed by atoms with E-state index in [-0.39, 0.29) is 12.5 Å². The summed E-state index contributed by atoms with van der Waals surface area (Å²) in [5, 5.41) is 9.62. The lowest BCUT2D eigenvalue weighted by atomic mass is 10.2. The predicted octanol–water partition coefficient (Wildman–Crippen LogP) is 2.87. The molecule has 4 heteroatoms. The second-order valence-corrected chi connectivity index (χ2v) is 4.22. The number of aliphatic carboxylic acids is 1. The van der Waals surface area contributed by atoms with Crippen molar-refractivity contribution in [2.45, 2.75) is 25.9 Å². The van der Waals surface area contributed by atoms with Crippen LogP contribution in [0, 0.1) is 0 Å². The Morgan fingerprint density at radius 3 is 3.00 bits per heavy atom. The van der Waals surface area contributed by atoms with Crippen LogP contribution in [0.2, 0.25) is 0 Å². The quantitative estimate of drug-likeness (QED) is 0.879. The van der Waals surface area contributed by atoms with Gasteiger partial charge in [-0.15, -0.1) is 0 Å². The number of benzene rings is 1. The summed E-state index contributed by atoms with van der Waals surface area (Å²) in [7, 11) is 0. The molecule has 2 rings (SSSR count). The minimum absolute atomic E-state index is 0.113. The fourth-order valence-electron chi connectivity index (χ4n) is 1.73. The van der Waals surface area contributed by atoms with Gasteiger partial charge in [0.15, 0.2) is 0 Å². The molecule has 0 aliphatic carbocycles. The molecule has 4 nitrogen and oxygen atoms in total. The Kier molecular flexibility index (Phi) is 3.77. The molecule has 0 aliphatic heterocycles. The van der Waals surface area contributed by atoms with Crippen LogP contribution < -0.4 is 4.74 Å². The monoisotopic (exact) mass is 245 g/mol. The van der Waals surface area contributed by atoms with Gasteiger partial charge in [0.1, 0.15) is 5.75 Å². The molecule has 94 valence electrons. The summed E-state index contributed by atoms with van der Waals surface area (Å²) in [5.41, 5.74) is 0.919. The van der Waals surface area contributed by atoms with Crippen molar-refractivity contribution in [3.63, 3.8) is 0 Å². The molecular weight excluding hydrogens is 230 g/mol. The van der Waals surface area contributed by atoms with Crippen molar-refractivity contribution < 1.29 is 14.6 Å². The fourth-order valence-corrected chi connectivity index (χ4v) is 1.73. The van der Waals surface area contributed by atoms with Crippen LogP contribution in [0.25, 0.3) is 10.9 Å². The van der Waals surface area contributed by atoms with E-state index in [0.717, 1.165) is 10.9 Å². The fraction of sp³-hybridized carbons (Fsp3) is 0.286. The van der Waals surface area contributed by atoms with Gasteiger partial charge in [-0.1, -0.05) is 18.2 Å². The Hall–Kier alpha value is -2.10. The third-order valence-corrected chi connectivity index (χ3v) is 2.67. The summed E-state index contributed by atoms with van der Waals surface area (Å²) in [5.74, 6) is -0.131. The van der Waals surface area contributed by atoms with E-state index in [2.05, 4.69) is 4.98 Å². The Morgan fingerprint density at radius 2 is 2.22 bits per heavy atom. The molecule has 0 spiro atoms. The molecule has 1 heterocycles. The van der Waals surface area contributed by atoms with Gasteiger partial charge >= 0.3 is 5.97 Å². The van der Waals surface area contributed by atoms with E-state index >= 15 is 0 Å². The zero-order chi connectivity index (χ0) is 13.0. The number of para-hydroxylation sites is 1. The van der Waals surface area contributed by atoms with E-state index in [9.17, 15) is 4.79 Å². The third kappa shape index (κ3) is 3.20. The number of aromatic nitrogens is 1. The van der Waals surface area contributed by atoms with Crippen LogP contribution in [0.1, 0.15) is 19.8 Å². The van der Waals surface area contributed by atoms with E-state index in [1.807, 2.05) is 37.3 Å². The highest BCUT2D eigenvalue weighted by atomic mass is 16.5. The maximum Gasteiger partial charge on any atom is 0.303 e. The lowest BCUT2D eigenvalue weighted by Gasteiger charge is -2.13. The zero-order valence-electron chi connectivity index (χ0n) is 10.2. The first-order valence-electron chi connectivity index (χ1n) is 5.88. The maximum absolute atomic E-state index is 10.5. The Morgan fingerprint density at radius 1 is 1.44 bits per heavy atom. The summed E-state index contributed by atoms with van der Waals surface area (Å²) < 4.78 is 5.65. The molecule has 0 bridgehead atoms. The van der Waals surface area contributed by atoms with Gasteiger partial charge in [0.25, 0.3) is 0 Å². The smallest absolute Gasteiger partial charge is 0.303 e. The molecule has 0 amide bonds. The largest absolute Gasteiger partial charge is 0.489 e. The number of ether oxygens (including phenoxy) is 1. The molecule has 0 aliphatic rings. The van der Waals surface area contributed by atoms with Gasteiger partial charge < -0.3 is 9.84 Å². The lowest BCUT2D eigenvalue weighted by Crippen LogP contribution is -2.13. The number of pyridine rings is 1. The summed E-state index contributed by atoms with van der Waals surface area (Å²) in [4.78, 5) is 14.8. The van der Waals surface area contributed by atoms with Crippen LogP contribution in [-0.4, -0.2) is 22.2 Å². The van der Waals surface area contributed by atoms with Gasteiger partial charge in [-0.25, -0.2) is 0 Å². The number of carboxylic acid groups (broad SMARTS) is 1. The molecule has 1 aromatic carbocycles. The average Bonchev–Trinajstić information content (AvgIpc) is 2.36. The molecule has 0 saturated carbocycles. The Balaban J connectivity index is 2.05. The molecule has 1 unspecified atom stereocenters. The summed E-state index contributed by atoms with van der Waals surface area (Å²) in [6.07, 6.45) is 2.13. The molecule has 2 aromatic rings. The molecule has 0 saturated heterocycles. The van der Waals surface area contributed by atoms with Crippen LogP contribution in [0.4, 0.5) is 0 Å². The number of rotatable bonds is 5. The van der Waals surface area contributed by atoms with Crippen molar-refractivity contribution in [3.8, 4) is 5.75 Å². The molecular formula is C14H15NO3. The first kappa shape index (κ1) is 12.4. The lowest BCUT2D eigenvalue weighted by molar-refractivity contribution is -0.137. The predicted molar refractivity (Wildman–Crippen MR) is 68.7 cm³/mol. The average molecular weight is 245 g/mol. The molecule has 0 radical (unpaired) electrons. The van der Waals surface area contributed by atoms with Crippen molar-refractivity contribution in [1.29, 1.82) is 0 Å². The summed E-state index contributed by atoms with van der Waals surface area (Å²) in [6.45, 7) is 1.86. The SMILES string of the molecule is CC(CCC(=O)O)Oc1cnc2ccccc2c1. The second-order valence-electron chi connectivity index (χ2n) is 4.22. The zero-order valence-corrected chi connectivity index (χ0v) is 10.2. The van der Waals surface area contributed by atoms with Crippen molar-refractivity contribution in [3.05, 3.63) is 36.5 Å². The summed E-state index contributed by atoms with van der Waals surface area (Å²) >= 11 is 0. The highest BCUT2D eigenvalue weighted by Gasteiger charge is 2.07. The van der Waals surface area contributed by atoms with Gasteiger partial charge in [-0.2, -0.15) is 0 Å². The van der Waals surface area contributed by atoms with Gasteiger partial charge in [0.2, 0.25) is 0 Å². The van der Waals surface area contributed by atoms with Gasteiger partial charge in [0.05, 0.1) is 17.8 Å². The highest BCUT2D eigenvalue weighted by Crippen LogP contribution is 2.19. The number of nitrogens with zero attached hydrogens (tertiary/aromatic N) is 1. The number of fused-ring (bicyclic) bond motifs is 1. The molecule has 1 atom stereocenters. The van der Waals surface area contributed by atoms with Gasteiger partial charge in [0, 0.05) is 11.8 Å². The minimum Gasteiger partial charge on any atom is -0.489 e. The van der Waals surface area contributed by atoms with Crippen LogP contribution in [0.3, 0.4) is 0 Å². The van der Waals surface area contributed by atoms with Crippen molar-refractivity contribution in [1.82, 2.24) is 4.98 Å². The topological polar surface area (TPSA) is 59.4 Å². The Bertz CT molecular complexity index is 553. The van der Waals surface area contributed by atoms with E-state index in [0.29, 0.717) is 12.2 Å². The first-order valence-corrected chi connectivity index (χ1v) is 5.88. The van der Waals surface area contributed by atoms with E-state index in [1.54, 1.807) is 6.20 Å². The number of carboxylic acids is 1. The van der Waals surface area contributed by atoms with Crippen LogP contribution >= 0.6 is 0 Å². The van der Waals surface area contributed by atoms with Gasteiger partial charge in [-0.05, 0) is 25.5 Å². The van der Waals surface area contributed by atoms with Crippen molar-refractivity contribution in [2.24, 2.45) is 0 Å². The van der Waals surface area contributed by atoms with Gasteiger partial charge in [-0.3, -0.25) is 9.78 Å². The molecule has 1 aromatic heterocycles. The number of hydrogen-bond donors (Lipinski definition) is 1. The Labute approximate surface area is 105 Å². The minimum atomic E-state index is -0.804. The standard InChI is InChI=1S/C14H15NO3/c1-10(6-7-14(16)17)18-12-8-11-4-2-3-5-13(11)15-9-12/h2-5,8-10H,6-7H2,1H3,(H,16,17).